The maximum absolute atomic E-state index is 14.0. The van der Waals surface area contributed by atoms with E-state index in [0.29, 0.717) is 30.2 Å². The number of aliphatic imine (C=N–C) groups is 1. The van der Waals surface area contributed by atoms with Crippen molar-refractivity contribution in [2.24, 2.45) is 12.0 Å². The van der Waals surface area contributed by atoms with Crippen LogP contribution in [0.3, 0.4) is 0 Å². The molecule has 0 spiro atoms. The molecule has 1 aromatic carbocycles. The van der Waals surface area contributed by atoms with Gasteiger partial charge in [0.15, 0.2) is 5.96 Å². The lowest BCUT2D eigenvalue weighted by molar-refractivity contribution is 0.448. The monoisotopic (exact) mass is 457 g/mol. The van der Waals surface area contributed by atoms with Crippen LogP contribution in [-0.2, 0) is 20.1 Å². The zero-order chi connectivity index (χ0) is 17.5. The van der Waals surface area contributed by atoms with Gasteiger partial charge >= 0.3 is 0 Å². The molecule has 0 fully saturated rings. The minimum atomic E-state index is -0.426. The van der Waals surface area contributed by atoms with Crippen LogP contribution >= 0.6 is 24.0 Å². The molecular formula is C16H21FIN7. The van der Waals surface area contributed by atoms with E-state index in [1.807, 2.05) is 32.0 Å². The Bertz CT molecular complexity index is 766. The van der Waals surface area contributed by atoms with Crippen molar-refractivity contribution in [3.8, 4) is 6.07 Å². The third-order valence-electron chi connectivity index (χ3n) is 3.46. The van der Waals surface area contributed by atoms with Gasteiger partial charge in [-0.2, -0.15) is 10.4 Å². The summed E-state index contributed by atoms with van der Waals surface area (Å²) >= 11 is 0. The number of aromatic nitrogens is 3. The fraction of sp³-hybridized carbons (Fsp3) is 0.375. The molecule has 7 nitrogen and oxygen atoms in total. The van der Waals surface area contributed by atoms with Crippen molar-refractivity contribution in [2.45, 2.75) is 20.0 Å². The third kappa shape index (κ3) is 5.67. The van der Waals surface area contributed by atoms with E-state index in [4.69, 9.17) is 5.26 Å². The van der Waals surface area contributed by atoms with Crippen LogP contribution in [0.4, 0.5) is 4.39 Å². The molecule has 0 saturated carbocycles. The smallest absolute Gasteiger partial charge is 0.194 e. The van der Waals surface area contributed by atoms with Gasteiger partial charge < -0.3 is 10.2 Å². The minimum absolute atomic E-state index is 0. The van der Waals surface area contributed by atoms with Crippen molar-refractivity contribution in [3.63, 3.8) is 0 Å². The molecule has 25 heavy (non-hydrogen) atoms. The Kier molecular flexibility index (Phi) is 8.27. The minimum Gasteiger partial charge on any atom is -0.357 e. The van der Waals surface area contributed by atoms with Gasteiger partial charge in [0.05, 0.1) is 24.7 Å². The number of hydrogen-bond acceptors (Lipinski definition) is 4. The first-order chi connectivity index (χ1) is 11.5. The molecule has 134 valence electrons. The molecule has 1 aromatic heterocycles. The molecule has 9 heteroatoms. The highest BCUT2D eigenvalue weighted by Gasteiger charge is 2.10. The van der Waals surface area contributed by atoms with Crippen molar-refractivity contribution in [3.05, 3.63) is 47.3 Å². The first-order valence-electron chi connectivity index (χ1n) is 7.56. The molecule has 0 amide bonds. The highest BCUT2D eigenvalue weighted by atomic mass is 127. The fourth-order valence-corrected chi connectivity index (χ4v) is 2.13. The maximum Gasteiger partial charge on any atom is 0.194 e. The SMILES string of the molecule is CCNC(=NCc1ccc(C#N)cc1F)N(C)Cc1ncnn1C.I. The molecule has 1 heterocycles. The fourth-order valence-electron chi connectivity index (χ4n) is 2.13. The number of rotatable bonds is 5. The van der Waals surface area contributed by atoms with Crippen LogP contribution in [0.25, 0.3) is 0 Å². The topological polar surface area (TPSA) is 82.1 Å². The zero-order valence-corrected chi connectivity index (χ0v) is 16.7. The van der Waals surface area contributed by atoms with E-state index in [2.05, 4.69) is 20.4 Å². The Hall–Kier alpha value is -2.22. The number of hydrogen-bond donors (Lipinski definition) is 1. The van der Waals surface area contributed by atoms with Crippen molar-refractivity contribution < 1.29 is 4.39 Å². The van der Waals surface area contributed by atoms with Gasteiger partial charge in [-0.25, -0.2) is 14.4 Å². The Balaban J connectivity index is 0.00000312. The van der Waals surface area contributed by atoms with E-state index in [1.165, 1.54) is 12.4 Å². The van der Waals surface area contributed by atoms with E-state index in [9.17, 15) is 4.39 Å². The van der Waals surface area contributed by atoms with Crippen LogP contribution < -0.4 is 5.32 Å². The molecule has 0 atom stereocenters. The largest absolute Gasteiger partial charge is 0.357 e. The van der Waals surface area contributed by atoms with E-state index in [1.54, 1.807) is 16.8 Å². The summed E-state index contributed by atoms with van der Waals surface area (Å²) < 4.78 is 15.7. The summed E-state index contributed by atoms with van der Waals surface area (Å²) in [6, 6.07) is 6.31. The molecule has 0 aliphatic rings. The summed E-state index contributed by atoms with van der Waals surface area (Å²) in [6.07, 6.45) is 1.50. The second-order valence-electron chi connectivity index (χ2n) is 5.24. The van der Waals surface area contributed by atoms with Gasteiger partial charge in [-0.05, 0) is 19.1 Å². The number of benzene rings is 1. The Morgan fingerprint density at radius 3 is 2.80 bits per heavy atom. The number of aryl methyl sites for hydroxylation is 1. The molecule has 0 bridgehead atoms. The molecule has 0 aliphatic heterocycles. The highest BCUT2D eigenvalue weighted by Crippen LogP contribution is 2.11. The predicted octanol–water partition coefficient (Wildman–Crippen LogP) is 2.04. The van der Waals surface area contributed by atoms with Crippen molar-refractivity contribution in [1.82, 2.24) is 25.0 Å². The number of nitrogens with zero attached hydrogens (tertiary/aromatic N) is 6. The number of guanidine groups is 1. The molecule has 0 saturated heterocycles. The molecule has 2 rings (SSSR count). The van der Waals surface area contributed by atoms with Gasteiger partial charge in [0.1, 0.15) is 18.0 Å². The lowest BCUT2D eigenvalue weighted by atomic mass is 10.1. The van der Waals surface area contributed by atoms with E-state index >= 15 is 0 Å². The predicted molar refractivity (Wildman–Crippen MR) is 104 cm³/mol. The standard InChI is InChI=1S/C16H20FN7.HI/c1-4-19-16(23(2)10-15-21-11-22-24(15)3)20-9-13-6-5-12(8-18)7-14(13)17;/h5-7,11H,4,9-10H2,1-3H3,(H,19,20);1H. The Labute approximate surface area is 163 Å². The van der Waals surface area contributed by atoms with Crippen LogP contribution in [0.5, 0.6) is 0 Å². The van der Waals surface area contributed by atoms with Crippen LogP contribution in [-0.4, -0.2) is 39.2 Å². The third-order valence-corrected chi connectivity index (χ3v) is 3.46. The first-order valence-corrected chi connectivity index (χ1v) is 7.56. The molecule has 0 unspecified atom stereocenters. The van der Waals surface area contributed by atoms with Gasteiger partial charge in [-0.1, -0.05) is 6.07 Å². The number of halogens is 2. The van der Waals surface area contributed by atoms with Crippen LogP contribution in [0, 0.1) is 17.1 Å². The summed E-state index contributed by atoms with van der Waals surface area (Å²) in [5, 5.41) is 16.0. The van der Waals surface area contributed by atoms with Crippen LogP contribution in [0.1, 0.15) is 23.9 Å². The van der Waals surface area contributed by atoms with Gasteiger partial charge in [0, 0.05) is 26.2 Å². The van der Waals surface area contributed by atoms with Gasteiger partial charge in [-0.3, -0.25) is 4.68 Å². The quantitative estimate of drug-likeness (QED) is 0.422. The van der Waals surface area contributed by atoms with Crippen molar-refractivity contribution >= 4 is 29.9 Å². The summed E-state index contributed by atoms with van der Waals surface area (Å²) in [7, 11) is 3.71. The summed E-state index contributed by atoms with van der Waals surface area (Å²) in [5.74, 6) is 1.02. The van der Waals surface area contributed by atoms with E-state index < -0.39 is 5.82 Å². The number of nitrogens with one attached hydrogen (secondary N) is 1. The van der Waals surface area contributed by atoms with E-state index in [-0.39, 0.29) is 30.5 Å². The average molecular weight is 457 g/mol. The average Bonchev–Trinajstić information content (AvgIpc) is 2.97. The maximum atomic E-state index is 14.0. The second kappa shape index (κ2) is 9.93. The lowest BCUT2D eigenvalue weighted by Crippen LogP contribution is -2.39. The lowest BCUT2D eigenvalue weighted by Gasteiger charge is -2.21. The van der Waals surface area contributed by atoms with Crippen molar-refractivity contribution in [1.29, 1.82) is 5.26 Å². The zero-order valence-electron chi connectivity index (χ0n) is 14.4. The Morgan fingerprint density at radius 1 is 1.48 bits per heavy atom. The summed E-state index contributed by atoms with van der Waals surface area (Å²) in [5.41, 5.74) is 0.739. The van der Waals surface area contributed by atoms with Crippen LogP contribution in [0.15, 0.2) is 29.5 Å². The van der Waals surface area contributed by atoms with Gasteiger partial charge in [0.2, 0.25) is 0 Å². The van der Waals surface area contributed by atoms with Crippen molar-refractivity contribution in [2.75, 3.05) is 13.6 Å². The first kappa shape index (κ1) is 20.8. The second-order valence-corrected chi connectivity index (χ2v) is 5.24. The molecule has 1 N–H and O–H groups in total. The van der Waals surface area contributed by atoms with E-state index in [0.717, 1.165) is 5.82 Å². The Morgan fingerprint density at radius 2 is 2.24 bits per heavy atom. The normalized spacial score (nSPS) is 10.8. The highest BCUT2D eigenvalue weighted by molar-refractivity contribution is 14.0. The molecular weight excluding hydrogens is 436 g/mol. The number of nitriles is 1. The molecule has 2 aromatic rings. The van der Waals surface area contributed by atoms with Gasteiger partial charge in [0.25, 0.3) is 0 Å². The van der Waals surface area contributed by atoms with Crippen LogP contribution in [0.2, 0.25) is 0 Å². The molecule has 0 radical (unpaired) electrons. The summed E-state index contributed by atoms with van der Waals surface area (Å²) in [4.78, 5) is 10.5. The molecule has 0 aliphatic carbocycles. The summed E-state index contributed by atoms with van der Waals surface area (Å²) in [6.45, 7) is 3.37. The van der Waals surface area contributed by atoms with Gasteiger partial charge in [-0.15, -0.1) is 24.0 Å².